The molecule has 0 aliphatic carbocycles. The standard InChI is InChI=1S/C17H22ClN3/c1-4-19-12-14-9-10-20-17(11-14)21(3)13(2)15-5-7-16(18)8-6-15/h5-11,13,19H,4,12H2,1-3H3. The first-order valence-corrected chi connectivity index (χ1v) is 7.63. The molecule has 3 nitrogen and oxygen atoms in total. The van der Waals surface area contributed by atoms with E-state index in [1.165, 1.54) is 11.1 Å². The summed E-state index contributed by atoms with van der Waals surface area (Å²) in [6.07, 6.45) is 1.87. The zero-order valence-electron chi connectivity index (χ0n) is 12.8. The molecule has 0 saturated carbocycles. The highest BCUT2D eigenvalue weighted by Crippen LogP contribution is 2.25. The van der Waals surface area contributed by atoms with Crippen molar-refractivity contribution in [1.29, 1.82) is 0 Å². The van der Waals surface area contributed by atoms with Crippen LogP contribution >= 0.6 is 11.6 Å². The Hall–Kier alpha value is -1.58. The normalized spacial score (nSPS) is 12.2. The van der Waals surface area contributed by atoms with Crippen LogP contribution in [0.5, 0.6) is 0 Å². The summed E-state index contributed by atoms with van der Waals surface area (Å²) >= 11 is 5.95. The molecule has 0 fully saturated rings. The van der Waals surface area contributed by atoms with Gasteiger partial charge in [-0.25, -0.2) is 4.98 Å². The van der Waals surface area contributed by atoms with Gasteiger partial charge < -0.3 is 10.2 Å². The van der Waals surface area contributed by atoms with Crippen molar-refractivity contribution in [3.63, 3.8) is 0 Å². The van der Waals surface area contributed by atoms with Gasteiger partial charge in [-0.1, -0.05) is 30.7 Å². The van der Waals surface area contributed by atoms with Crippen molar-refractivity contribution in [3.8, 4) is 0 Å². The van der Waals surface area contributed by atoms with Crippen LogP contribution in [0.4, 0.5) is 5.82 Å². The minimum Gasteiger partial charge on any atom is -0.353 e. The second-order valence-electron chi connectivity index (χ2n) is 5.14. The maximum atomic E-state index is 5.95. The summed E-state index contributed by atoms with van der Waals surface area (Å²) in [5.41, 5.74) is 2.47. The van der Waals surface area contributed by atoms with Crippen LogP contribution in [0, 0.1) is 0 Å². The first-order valence-electron chi connectivity index (χ1n) is 7.25. The largest absolute Gasteiger partial charge is 0.353 e. The van der Waals surface area contributed by atoms with Crippen molar-refractivity contribution in [2.75, 3.05) is 18.5 Å². The molecule has 1 unspecified atom stereocenters. The quantitative estimate of drug-likeness (QED) is 0.873. The molecule has 0 bridgehead atoms. The van der Waals surface area contributed by atoms with E-state index in [0.717, 1.165) is 23.9 Å². The number of aromatic nitrogens is 1. The Labute approximate surface area is 132 Å². The van der Waals surface area contributed by atoms with Crippen molar-refractivity contribution in [1.82, 2.24) is 10.3 Å². The van der Waals surface area contributed by atoms with Gasteiger partial charge in [-0.3, -0.25) is 0 Å². The lowest BCUT2D eigenvalue weighted by atomic mass is 10.1. The summed E-state index contributed by atoms with van der Waals surface area (Å²) in [7, 11) is 2.07. The first kappa shape index (κ1) is 15.8. The number of nitrogens with one attached hydrogen (secondary N) is 1. The van der Waals surface area contributed by atoms with Gasteiger partial charge in [-0.2, -0.15) is 0 Å². The van der Waals surface area contributed by atoms with Gasteiger partial charge in [0.05, 0.1) is 6.04 Å². The van der Waals surface area contributed by atoms with E-state index < -0.39 is 0 Å². The van der Waals surface area contributed by atoms with Gasteiger partial charge in [0.2, 0.25) is 0 Å². The summed E-state index contributed by atoms with van der Waals surface area (Å²) in [4.78, 5) is 6.66. The van der Waals surface area contributed by atoms with E-state index in [0.29, 0.717) is 0 Å². The van der Waals surface area contributed by atoms with Gasteiger partial charge in [-0.05, 0) is 48.9 Å². The lowest BCUT2D eigenvalue weighted by molar-refractivity contribution is 0.713. The predicted octanol–water partition coefficient (Wildman–Crippen LogP) is 4.04. The van der Waals surface area contributed by atoms with Crippen LogP contribution < -0.4 is 10.2 Å². The van der Waals surface area contributed by atoms with E-state index in [2.05, 4.69) is 54.3 Å². The van der Waals surface area contributed by atoms with E-state index in [1.807, 2.05) is 24.4 Å². The second-order valence-corrected chi connectivity index (χ2v) is 5.58. The van der Waals surface area contributed by atoms with Crippen molar-refractivity contribution in [3.05, 3.63) is 58.7 Å². The molecule has 4 heteroatoms. The molecule has 1 aromatic heterocycles. The zero-order chi connectivity index (χ0) is 15.2. The number of hydrogen-bond donors (Lipinski definition) is 1. The molecule has 0 radical (unpaired) electrons. The Morgan fingerprint density at radius 1 is 1.24 bits per heavy atom. The van der Waals surface area contributed by atoms with E-state index >= 15 is 0 Å². The minimum atomic E-state index is 0.240. The summed E-state index contributed by atoms with van der Waals surface area (Å²) in [6, 6.07) is 12.4. The van der Waals surface area contributed by atoms with Crippen LogP contribution in [-0.4, -0.2) is 18.6 Å². The van der Waals surface area contributed by atoms with E-state index in [-0.39, 0.29) is 6.04 Å². The molecule has 2 rings (SSSR count). The topological polar surface area (TPSA) is 28.2 Å². The number of halogens is 1. The predicted molar refractivity (Wildman–Crippen MR) is 89.9 cm³/mol. The van der Waals surface area contributed by atoms with Gasteiger partial charge in [0, 0.05) is 24.8 Å². The van der Waals surface area contributed by atoms with Crippen LogP contribution in [-0.2, 0) is 6.54 Å². The van der Waals surface area contributed by atoms with E-state index in [4.69, 9.17) is 11.6 Å². The molecule has 0 aliphatic heterocycles. The van der Waals surface area contributed by atoms with Gasteiger partial charge >= 0.3 is 0 Å². The second kappa shape index (κ2) is 7.43. The molecule has 0 amide bonds. The number of benzene rings is 1. The minimum absolute atomic E-state index is 0.240. The van der Waals surface area contributed by atoms with Crippen LogP contribution in [0.2, 0.25) is 5.02 Å². The number of hydrogen-bond acceptors (Lipinski definition) is 3. The third-order valence-corrected chi connectivity index (χ3v) is 3.94. The fourth-order valence-corrected chi connectivity index (χ4v) is 2.32. The summed E-state index contributed by atoms with van der Waals surface area (Å²) < 4.78 is 0. The Balaban J connectivity index is 2.14. The molecule has 112 valence electrons. The van der Waals surface area contributed by atoms with Crippen molar-refractivity contribution in [2.24, 2.45) is 0 Å². The van der Waals surface area contributed by atoms with Gasteiger partial charge in [0.25, 0.3) is 0 Å². The van der Waals surface area contributed by atoms with E-state index in [9.17, 15) is 0 Å². The Kier molecular flexibility index (Phi) is 5.59. The lowest BCUT2D eigenvalue weighted by Crippen LogP contribution is -2.23. The summed E-state index contributed by atoms with van der Waals surface area (Å²) in [5, 5.41) is 4.10. The third kappa shape index (κ3) is 4.19. The fourth-order valence-electron chi connectivity index (χ4n) is 2.20. The summed E-state index contributed by atoms with van der Waals surface area (Å²) in [5.74, 6) is 0.979. The van der Waals surface area contributed by atoms with Crippen molar-refractivity contribution >= 4 is 17.4 Å². The average Bonchev–Trinajstić information content (AvgIpc) is 2.52. The van der Waals surface area contributed by atoms with Crippen LogP contribution in [0.15, 0.2) is 42.6 Å². The molecular formula is C17H22ClN3. The Morgan fingerprint density at radius 3 is 2.62 bits per heavy atom. The molecule has 1 N–H and O–H groups in total. The Morgan fingerprint density at radius 2 is 1.95 bits per heavy atom. The number of anilines is 1. The van der Waals surface area contributed by atoms with Crippen LogP contribution in [0.1, 0.15) is 31.0 Å². The summed E-state index contributed by atoms with van der Waals surface area (Å²) in [6.45, 7) is 6.11. The van der Waals surface area contributed by atoms with Crippen molar-refractivity contribution < 1.29 is 0 Å². The highest BCUT2D eigenvalue weighted by atomic mass is 35.5. The molecule has 1 aromatic carbocycles. The molecule has 1 atom stereocenters. The van der Waals surface area contributed by atoms with Crippen LogP contribution in [0.25, 0.3) is 0 Å². The van der Waals surface area contributed by atoms with E-state index in [1.54, 1.807) is 0 Å². The van der Waals surface area contributed by atoms with Crippen molar-refractivity contribution in [2.45, 2.75) is 26.4 Å². The molecule has 0 saturated heterocycles. The molecule has 21 heavy (non-hydrogen) atoms. The lowest BCUT2D eigenvalue weighted by Gasteiger charge is -2.26. The smallest absolute Gasteiger partial charge is 0.129 e. The number of pyridine rings is 1. The first-order chi connectivity index (χ1) is 10.1. The van der Waals surface area contributed by atoms with Crippen LogP contribution in [0.3, 0.4) is 0 Å². The maximum Gasteiger partial charge on any atom is 0.129 e. The monoisotopic (exact) mass is 303 g/mol. The SMILES string of the molecule is CCNCc1ccnc(N(C)C(C)c2ccc(Cl)cc2)c1. The van der Waals surface area contributed by atoms with Gasteiger partial charge in [0.1, 0.15) is 5.82 Å². The molecule has 0 spiro atoms. The highest BCUT2D eigenvalue weighted by Gasteiger charge is 2.13. The average molecular weight is 304 g/mol. The third-order valence-electron chi connectivity index (χ3n) is 3.68. The van der Waals surface area contributed by atoms with Gasteiger partial charge in [-0.15, -0.1) is 0 Å². The fraction of sp³-hybridized carbons (Fsp3) is 0.353. The zero-order valence-corrected chi connectivity index (χ0v) is 13.6. The molecule has 2 aromatic rings. The Bertz CT molecular complexity index is 569. The molecular weight excluding hydrogens is 282 g/mol. The molecule has 0 aliphatic rings. The highest BCUT2D eigenvalue weighted by molar-refractivity contribution is 6.30. The number of nitrogens with zero attached hydrogens (tertiary/aromatic N) is 2. The van der Waals surface area contributed by atoms with Gasteiger partial charge in [0.15, 0.2) is 0 Å². The maximum absolute atomic E-state index is 5.95. The molecule has 1 heterocycles. The number of rotatable bonds is 6.